The van der Waals surface area contributed by atoms with Gasteiger partial charge >= 0.3 is 0 Å². The van der Waals surface area contributed by atoms with Gasteiger partial charge in [0.05, 0.1) is 31.4 Å². The van der Waals surface area contributed by atoms with Gasteiger partial charge in [-0.2, -0.15) is 0 Å². The van der Waals surface area contributed by atoms with Gasteiger partial charge < -0.3 is 24.0 Å². The molecule has 1 spiro atoms. The first-order chi connectivity index (χ1) is 9.61. The van der Waals surface area contributed by atoms with Gasteiger partial charge in [0.2, 0.25) is 5.91 Å². The van der Waals surface area contributed by atoms with Crippen LogP contribution in [0.4, 0.5) is 0 Å². The quantitative estimate of drug-likeness (QED) is 0.681. The van der Waals surface area contributed by atoms with Crippen LogP contribution in [-0.2, 0) is 20.9 Å². The number of hydrogen-bond acceptors (Lipinski definition) is 5. The van der Waals surface area contributed by atoms with Gasteiger partial charge in [0.1, 0.15) is 11.4 Å². The number of fused-ring (bicyclic) bond motifs is 1. The summed E-state index contributed by atoms with van der Waals surface area (Å²) in [6, 6.07) is 3.53. The van der Waals surface area contributed by atoms with Crippen LogP contribution >= 0.6 is 0 Å². The predicted octanol–water partition coefficient (Wildman–Crippen LogP) is -0.689. The van der Waals surface area contributed by atoms with Crippen LogP contribution in [0.3, 0.4) is 0 Å². The van der Waals surface area contributed by atoms with Crippen LogP contribution in [0.2, 0.25) is 0 Å². The number of carbonyl (C=O) groups is 2. The number of furan rings is 1. The van der Waals surface area contributed by atoms with Crippen LogP contribution in [0.5, 0.6) is 0 Å². The molecule has 104 valence electrons. The lowest BCUT2D eigenvalue weighted by atomic mass is 9.77. The summed E-state index contributed by atoms with van der Waals surface area (Å²) in [5.74, 6) is -2.34. The average Bonchev–Trinajstić information content (AvgIpc) is 3.12. The molecule has 4 atom stereocenters. The van der Waals surface area contributed by atoms with Crippen molar-refractivity contribution in [1.82, 2.24) is 4.90 Å². The Morgan fingerprint density at radius 2 is 2.40 bits per heavy atom. The van der Waals surface area contributed by atoms with Gasteiger partial charge in [0.15, 0.2) is 0 Å². The van der Waals surface area contributed by atoms with Crippen molar-refractivity contribution in [3.63, 3.8) is 0 Å². The van der Waals surface area contributed by atoms with Crippen molar-refractivity contribution in [3.05, 3.63) is 36.3 Å². The molecular weight excluding hydrogens is 262 g/mol. The molecule has 3 aliphatic rings. The number of ether oxygens (including phenoxy) is 1. The monoisotopic (exact) mass is 274 g/mol. The molecule has 1 aromatic heterocycles. The second-order valence-corrected chi connectivity index (χ2v) is 5.49. The minimum Gasteiger partial charge on any atom is -0.550 e. The normalized spacial score (nSPS) is 37.7. The summed E-state index contributed by atoms with van der Waals surface area (Å²) in [5.41, 5.74) is -0.806. The smallest absolute Gasteiger partial charge is 0.230 e. The summed E-state index contributed by atoms with van der Waals surface area (Å²) in [6.45, 7) is 0.680. The van der Waals surface area contributed by atoms with E-state index in [4.69, 9.17) is 9.15 Å². The lowest BCUT2D eigenvalue weighted by Crippen LogP contribution is -2.45. The lowest BCUT2D eigenvalue weighted by molar-refractivity contribution is -0.313. The molecule has 0 N–H and O–H groups in total. The summed E-state index contributed by atoms with van der Waals surface area (Å²) >= 11 is 0. The topological polar surface area (TPSA) is 82.8 Å². The zero-order valence-electron chi connectivity index (χ0n) is 10.5. The fraction of sp³-hybridized carbons (Fsp3) is 0.429. The Bertz CT molecular complexity index is 607. The molecule has 2 fully saturated rings. The second kappa shape index (κ2) is 3.73. The number of hydrogen-bond donors (Lipinski definition) is 0. The molecule has 1 aromatic rings. The van der Waals surface area contributed by atoms with Crippen molar-refractivity contribution < 1.29 is 23.8 Å². The predicted molar refractivity (Wildman–Crippen MR) is 62.9 cm³/mol. The largest absolute Gasteiger partial charge is 0.550 e. The van der Waals surface area contributed by atoms with Gasteiger partial charge in [0, 0.05) is 11.9 Å². The number of nitrogens with zero attached hydrogens (tertiary/aromatic N) is 1. The Morgan fingerprint density at radius 3 is 3.10 bits per heavy atom. The van der Waals surface area contributed by atoms with E-state index in [2.05, 4.69) is 0 Å². The van der Waals surface area contributed by atoms with Crippen LogP contribution in [0.25, 0.3) is 0 Å². The maximum atomic E-state index is 12.5. The highest BCUT2D eigenvalue weighted by Crippen LogP contribution is 2.51. The van der Waals surface area contributed by atoms with Crippen LogP contribution in [0, 0.1) is 11.8 Å². The molecule has 4 rings (SSSR count). The van der Waals surface area contributed by atoms with E-state index in [0.29, 0.717) is 18.8 Å². The number of rotatable bonds is 3. The number of aliphatic carboxylic acids is 1. The molecule has 1 amide bonds. The standard InChI is InChI=1S/C14H13NO5/c16-12-11-10(13(17)18)9-3-4-14(11,20-9)7-15(12)6-8-2-1-5-19-8/h1-5,9-11H,6-7H2,(H,17,18)/p-1/t9-,10+,11-,14-/m1/s1. The van der Waals surface area contributed by atoms with Crippen LogP contribution in [0.1, 0.15) is 5.76 Å². The van der Waals surface area contributed by atoms with Gasteiger partial charge in [-0.3, -0.25) is 4.79 Å². The van der Waals surface area contributed by atoms with E-state index < -0.39 is 29.5 Å². The van der Waals surface area contributed by atoms with Gasteiger partial charge in [0.25, 0.3) is 0 Å². The molecule has 4 heterocycles. The zero-order chi connectivity index (χ0) is 13.9. The van der Waals surface area contributed by atoms with Gasteiger partial charge in [-0.1, -0.05) is 12.2 Å². The van der Waals surface area contributed by atoms with E-state index in [0.717, 1.165) is 0 Å². The Balaban J connectivity index is 1.65. The first-order valence-corrected chi connectivity index (χ1v) is 6.50. The van der Waals surface area contributed by atoms with Crippen molar-refractivity contribution in [2.24, 2.45) is 11.8 Å². The lowest BCUT2D eigenvalue weighted by Gasteiger charge is -2.24. The molecule has 6 nitrogen and oxygen atoms in total. The number of carbonyl (C=O) groups excluding carboxylic acids is 2. The maximum Gasteiger partial charge on any atom is 0.230 e. The first kappa shape index (κ1) is 11.7. The number of likely N-dealkylation sites (tertiary alicyclic amines) is 1. The molecule has 0 unspecified atom stereocenters. The summed E-state index contributed by atoms with van der Waals surface area (Å²) in [7, 11) is 0. The number of carboxylic acids is 1. The molecule has 0 saturated carbocycles. The second-order valence-electron chi connectivity index (χ2n) is 5.49. The van der Waals surface area contributed by atoms with E-state index in [1.54, 1.807) is 29.4 Å². The molecule has 20 heavy (non-hydrogen) atoms. The Morgan fingerprint density at radius 1 is 1.55 bits per heavy atom. The third kappa shape index (κ3) is 1.37. The van der Waals surface area contributed by atoms with E-state index in [9.17, 15) is 14.7 Å². The fourth-order valence-electron chi connectivity index (χ4n) is 3.57. The fourth-order valence-corrected chi connectivity index (χ4v) is 3.57. The van der Waals surface area contributed by atoms with Crippen molar-refractivity contribution in [1.29, 1.82) is 0 Å². The number of carboxylic acid groups (broad SMARTS) is 1. The molecule has 2 bridgehead atoms. The molecule has 0 aromatic carbocycles. The zero-order valence-corrected chi connectivity index (χ0v) is 10.5. The first-order valence-electron chi connectivity index (χ1n) is 6.50. The van der Waals surface area contributed by atoms with E-state index in [1.165, 1.54) is 0 Å². The van der Waals surface area contributed by atoms with Crippen molar-refractivity contribution in [2.45, 2.75) is 18.2 Å². The molecule has 2 saturated heterocycles. The summed E-state index contributed by atoms with van der Waals surface area (Å²) < 4.78 is 11.0. The maximum absolute atomic E-state index is 12.5. The van der Waals surface area contributed by atoms with Crippen molar-refractivity contribution in [3.8, 4) is 0 Å². The Labute approximate surface area is 114 Å². The Kier molecular flexibility index (Phi) is 2.18. The number of amides is 1. The third-order valence-electron chi connectivity index (χ3n) is 4.38. The minimum atomic E-state index is -1.22. The average molecular weight is 274 g/mol. The van der Waals surface area contributed by atoms with Gasteiger partial charge in [-0.15, -0.1) is 0 Å². The van der Waals surface area contributed by atoms with E-state index in [1.807, 2.05) is 6.08 Å². The highest BCUT2D eigenvalue weighted by Gasteiger charge is 2.65. The molecular formula is C14H12NO5-. The SMILES string of the molecule is O=C([O-])[C@H]1[C@H]2C=C[C@]3(CN(Cc4ccco4)C(=O)[C@@H]13)O2. The Hall–Kier alpha value is -2.08. The molecule has 3 aliphatic heterocycles. The summed E-state index contributed by atoms with van der Waals surface area (Å²) in [6.07, 6.45) is 4.54. The van der Waals surface area contributed by atoms with Crippen molar-refractivity contribution in [2.75, 3.05) is 6.54 Å². The summed E-state index contributed by atoms with van der Waals surface area (Å²) in [4.78, 5) is 25.4. The highest BCUT2D eigenvalue weighted by atomic mass is 16.5. The highest BCUT2D eigenvalue weighted by molar-refractivity contribution is 5.90. The van der Waals surface area contributed by atoms with Crippen molar-refractivity contribution >= 4 is 11.9 Å². The molecule has 6 heteroatoms. The minimum absolute atomic E-state index is 0.206. The van der Waals surface area contributed by atoms with Crippen LogP contribution in [0.15, 0.2) is 35.0 Å². The third-order valence-corrected chi connectivity index (χ3v) is 4.38. The molecule has 0 radical (unpaired) electrons. The summed E-state index contributed by atoms with van der Waals surface area (Å²) in [5, 5.41) is 11.3. The van der Waals surface area contributed by atoms with Gasteiger partial charge in [-0.25, -0.2) is 0 Å². The van der Waals surface area contributed by atoms with E-state index >= 15 is 0 Å². The van der Waals surface area contributed by atoms with E-state index in [-0.39, 0.29) is 5.91 Å². The van der Waals surface area contributed by atoms with Gasteiger partial charge in [-0.05, 0) is 12.1 Å². The molecule has 0 aliphatic carbocycles. The van der Waals surface area contributed by atoms with Crippen LogP contribution < -0.4 is 5.11 Å². The van der Waals surface area contributed by atoms with Crippen LogP contribution in [-0.4, -0.2) is 35.0 Å².